The molecule has 1 aliphatic heterocycles. The lowest BCUT2D eigenvalue weighted by atomic mass is 10.0. The Balaban J connectivity index is 1.81. The Morgan fingerprint density at radius 1 is 1.13 bits per heavy atom. The van der Waals surface area contributed by atoms with Crippen LogP contribution in [0.1, 0.15) is 6.42 Å². The maximum atomic E-state index is 9.97. The van der Waals surface area contributed by atoms with Crippen molar-refractivity contribution in [2.75, 3.05) is 18.0 Å². The standard InChI is InChI=1S/C16H16N4O2S/c21-12-4-7-20(9-13(12)22)15-10-5-8-23-16(10)19-14(18-15)11-3-1-2-6-17-11/h1-3,5-6,8,12-13,21-22H,4,7,9H2/t12-,13+/m1/s1. The van der Waals surface area contributed by atoms with Crippen molar-refractivity contribution in [1.29, 1.82) is 0 Å². The van der Waals surface area contributed by atoms with E-state index in [1.165, 1.54) is 0 Å². The fraction of sp³-hybridized carbons (Fsp3) is 0.312. The van der Waals surface area contributed by atoms with Crippen LogP contribution in [0.3, 0.4) is 0 Å². The summed E-state index contributed by atoms with van der Waals surface area (Å²) < 4.78 is 0. The van der Waals surface area contributed by atoms with Gasteiger partial charge in [-0.1, -0.05) is 6.07 Å². The Morgan fingerprint density at radius 2 is 2.04 bits per heavy atom. The number of piperidine rings is 1. The molecule has 3 aromatic rings. The van der Waals surface area contributed by atoms with Crippen LogP contribution in [-0.4, -0.2) is 50.5 Å². The van der Waals surface area contributed by atoms with E-state index < -0.39 is 12.2 Å². The fourth-order valence-electron chi connectivity index (χ4n) is 2.80. The van der Waals surface area contributed by atoms with Crippen molar-refractivity contribution in [2.24, 2.45) is 0 Å². The number of fused-ring (bicyclic) bond motifs is 1. The lowest BCUT2D eigenvalue weighted by Gasteiger charge is -2.34. The molecule has 0 spiro atoms. The van der Waals surface area contributed by atoms with Gasteiger partial charge in [-0.2, -0.15) is 0 Å². The van der Waals surface area contributed by atoms with Gasteiger partial charge in [0.1, 0.15) is 16.3 Å². The lowest BCUT2D eigenvalue weighted by Crippen LogP contribution is -2.47. The summed E-state index contributed by atoms with van der Waals surface area (Å²) in [5.41, 5.74) is 0.724. The molecular formula is C16H16N4O2S. The first-order valence-corrected chi connectivity index (χ1v) is 8.38. The summed E-state index contributed by atoms with van der Waals surface area (Å²) in [6.45, 7) is 1.02. The maximum absolute atomic E-state index is 9.97. The molecule has 0 aromatic carbocycles. The van der Waals surface area contributed by atoms with Crippen molar-refractivity contribution < 1.29 is 10.2 Å². The summed E-state index contributed by atoms with van der Waals surface area (Å²) in [4.78, 5) is 16.5. The van der Waals surface area contributed by atoms with Crippen LogP contribution in [0.15, 0.2) is 35.8 Å². The second-order valence-electron chi connectivity index (χ2n) is 5.59. The number of rotatable bonds is 2. The number of nitrogens with zero attached hydrogens (tertiary/aromatic N) is 4. The zero-order valence-electron chi connectivity index (χ0n) is 12.3. The molecule has 0 aliphatic carbocycles. The van der Waals surface area contributed by atoms with Crippen molar-refractivity contribution in [3.8, 4) is 11.5 Å². The van der Waals surface area contributed by atoms with E-state index in [4.69, 9.17) is 4.98 Å². The minimum Gasteiger partial charge on any atom is -0.390 e. The molecule has 1 saturated heterocycles. The van der Waals surface area contributed by atoms with Crippen molar-refractivity contribution in [1.82, 2.24) is 15.0 Å². The monoisotopic (exact) mass is 328 g/mol. The Labute approximate surface area is 137 Å². The summed E-state index contributed by atoms with van der Waals surface area (Å²) in [5.74, 6) is 1.37. The number of aromatic nitrogens is 3. The van der Waals surface area contributed by atoms with Crippen molar-refractivity contribution >= 4 is 27.4 Å². The van der Waals surface area contributed by atoms with Crippen molar-refractivity contribution in [3.63, 3.8) is 0 Å². The summed E-state index contributed by atoms with van der Waals surface area (Å²) in [5, 5.41) is 22.7. The number of aliphatic hydroxyl groups is 2. The quantitative estimate of drug-likeness (QED) is 0.745. The SMILES string of the molecule is O[C@@H]1CCN(c2nc(-c3ccccn3)nc3sccc23)C[C@@H]1O. The lowest BCUT2D eigenvalue weighted by molar-refractivity contribution is 0.00792. The molecule has 0 unspecified atom stereocenters. The minimum absolute atomic E-state index is 0.366. The molecule has 4 rings (SSSR count). The molecule has 0 amide bonds. The van der Waals surface area contributed by atoms with Gasteiger partial charge in [0.2, 0.25) is 0 Å². The van der Waals surface area contributed by atoms with Gasteiger partial charge in [-0.15, -0.1) is 11.3 Å². The van der Waals surface area contributed by atoms with Crippen molar-refractivity contribution in [2.45, 2.75) is 18.6 Å². The van der Waals surface area contributed by atoms with E-state index >= 15 is 0 Å². The average Bonchev–Trinajstić information content (AvgIpc) is 3.06. The molecule has 7 heteroatoms. The number of hydrogen-bond acceptors (Lipinski definition) is 7. The topological polar surface area (TPSA) is 82.4 Å². The molecule has 4 heterocycles. The van der Waals surface area contributed by atoms with Gasteiger partial charge in [0, 0.05) is 19.3 Å². The van der Waals surface area contributed by atoms with Gasteiger partial charge >= 0.3 is 0 Å². The fourth-order valence-corrected chi connectivity index (χ4v) is 3.56. The molecule has 0 radical (unpaired) electrons. The number of thiophene rings is 1. The number of anilines is 1. The summed E-state index contributed by atoms with van der Waals surface area (Å²) in [6, 6.07) is 7.64. The zero-order chi connectivity index (χ0) is 15.8. The number of pyridine rings is 1. The van der Waals surface area contributed by atoms with Crippen molar-refractivity contribution in [3.05, 3.63) is 35.8 Å². The van der Waals surface area contributed by atoms with Gasteiger partial charge in [0.25, 0.3) is 0 Å². The highest BCUT2D eigenvalue weighted by Crippen LogP contribution is 2.31. The van der Waals surface area contributed by atoms with Crippen LogP contribution in [0.2, 0.25) is 0 Å². The molecule has 2 atom stereocenters. The Kier molecular flexibility index (Phi) is 3.68. The van der Waals surface area contributed by atoms with E-state index in [1.54, 1.807) is 17.5 Å². The smallest absolute Gasteiger partial charge is 0.181 e. The Hall–Kier alpha value is -2.09. The van der Waals surface area contributed by atoms with E-state index in [-0.39, 0.29) is 0 Å². The molecule has 118 valence electrons. The first-order valence-electron chi connectivity index (χ1n) is 7.50. The maximum Gasteiger partial charge on any atom is 0.181 e. The third-order valence-corrected chi connectivity index (χ3v) is 4.85. The van der Waals surface area contributed by atoms with Crippen LogP contribution in [0, 0.1) is 0 Å². The summed E-state index contributed by atoms with van der Waals surface area (Å²) in [6.07, 6.45) is 0.820. The molecule has 6 nitrogen and oxygen atoms in total. The highest BCUT2D eigenvalue weighted by molar-refractivity contribution is 7.16. The second kappa shape index (κ2) is 5.84. The largest absolute Gasteiger partial charge is 0.390 e. The molecular weight excluding hydrogens is 312 g/mol. The van der Waals surface area contributed by atoms with Crippen LogP contribution >= 0.6 is 11.3 Å². The molecule has 1 aliphatic rings. The normalized spacial score (nSPS) is 21.7. The molecule has 0 saturated carbocycles. The van der Waals surface area contributed by atoms with Gasteiger partial charge in [0.05, 0.1) is 17.6 Å². The van der Waals surface area contributed by atoms with E-state index in [1.807, 2.05) is 34.5 Å². The number of aliphatic hydroxyl groups excluding tert-OH is 2. The highest BCUT2D eigenvalue weighted by Gasteiger charge is 2.28. The Morgan fingerprint density at radius 3 is 2.83 bits per heavy atom. The molecule has 1 fully saturated rings. The van der Waals surface area contributed by atoms with Gasteiger partial charge < -0.3 is 15.1 Å². The summed E-state index contributed by atoms with van der Waals surface area (Å²) >= 11 is 1.56. The summed E-state index contributed by atoms with van der Waals surface area (Å²) in [7, 11) is 0. The highest BCUT2D eigenvalue weighted by atomic mass is 32.1. The molecule has 2 N–H and O–H groups in total. The third-order valence-electron chi connectivity index (χ3n) is 4.04. The second-order valence-corrected chi connectivity index (χ2v) is 6.49. The minimum atomic E-state index is -0.759. The van der Waals surface area contributed by atoms with Crippen LogP contribution < -0.4 is 4.90 Å². The third kappa shape index (κ3) is 2.67. The average molecular weight is 328 g/mol. The predicted octanol–water partition coefficient (Wildman–Crippen LogP) is 1.69. The van der Waals surface area contributed by atoms with E-state index in [2.05, 4.69) is 9.97 Å². The molecule has 3 aromatic heterocycles. The van der Waals surface area contributed by atoms with Crippen LogP contribution in [0.4, 0.5) is 5.82 Å². The zero-order valence-corrected chi connectivity index (χ0v) is 13.1. The van der Waals surface area contributed by atoms with Gasteiger partial charge in [-0.05, 0) is 30.0 Å². The van der Waals surface area contributed by atoms with Gasteiger partial charge in [-0.3, -0.25) is 4.98 Å². The Bertz CT molecular complexity index is 823. The van der Waals surface area contributed by atoms with Gasteiger partial charge in [-0.25, -0.2) is 9.97 Å². The van der Waals surface area contributed by atoms with Gasteiger partial charge in [0.15, 0.2) is 5.82 Å². The predicted molar refractivity (Wildman–Crippen MR) is 89.5 cm³/mol. The number of β-amino-alcohol motifs (C(OH)–C–C–N with tert-alkyl or cyclic N) is 1. The molecule has 0 bridgehead atoms. The first kappa shape index (κ1) is 14.5. The van der Waals surface area contributed by atoms with Crippen LogP contribution in [0.25, 0.3) is 21.7 Å². The van der Waals surface area contributed by atoms with Crippen LogP contribution in [0.5, 0.6) is 0 Å². The molecule has 23 heavy (non-hydrogen) atoms. The van der Waals surface area contributed by atoms with E-state index in [9.17, 15) is 10.2 Å². The van der Waals surface area contributed by atoms with E-state index in [0.29, 0.717) is 25.3 Å². The van der Waals surface area contributed by atoms with E-state index in [0.717, 1.165) is 21.7 Å². The first-order chi connectivity index (χ1) is 11.2. The number of hydrogen-bond donors (Lipinski definition) is 2. The van der Waals surface area contributed by atoms with Crippen LogP contribution in [-0.2, 0) is 0 Å².